The third-order valence-corrected chi connectivity index (χ3v) is 15.2. The van der Waals surface area contributed by atoms with Crippen molar-refractivity contribution in [1.29, 1.82) is 0 Å². The maximum atomic E-state index is 13.3. The molecule has 0 radical (unpaired) electrons. The molecule has 0 spiro atoms. The van der Waals surface area contributed by atoms with E-state index >= 15 is 0 Å². The smallest absolute Gasteiger partial charge is 0.306 e. The minimum absolute atomic E-state index is 0.194. The number of ether oxygens (including phenoxy) is 2. The molecule has 0 saturated heterocycles. The second-order valence-corrected chi connectivity index (χ2v) is 23.2. The van der Waals surface area contributed by atoms with Crippen LogP contribution < -0.4 is 0 Å². The maximum Gasteiger partial charge on any atom is 0.306 e. The van der Waals surface area contributed by atoms with Crippen molar-refractivity contribution < 1.29 is 23.9 Å². The van der Waals surface area contributed by atoms with Crippen molar-refractivity contribution in [3.8, 4) is 0 Å². The fraction of sp³-hybridized carbons (Fsp3) is 0.870. The summed E-state index contributed by atoms with van der Waals surface area (Å²) in [4.78, 5) is 40.6. The van der Waals surface area contributed by atoms with Gasteiger partial charge in [0.2, 0.25) is 0 Å². The third-order valence-electron chi connectivity index (χ3n) is 12.6. The van der Waals surface area contributed by atoms with Crippen LogP contribution in [0.1, 0.15) is 223 Å². The van der Waals surface area contributed by atoms with Crippen LogP contribution in [0.3, 0.4) is 0 Å². The Bertz CT molecular complexity index is 1090. The summed E-state index contributed by atoms with van der Waals surface area (Å²) in [5.74, 6) is 4.46. The Kier molecular flexibility index (Phi) is 37.9. The summed E-state index contributed by atoms with van der Waals surface area (Å²) < 4.78 is 11.1. The molecule has 0 N–H and O–H groups in total. The van der Waals surface area contributed by atoms with Gasteiger partial charge in [0.15, 0.2) is 5.52 Å². The number of rotatable bonds is 41. The number of hydrogen-bond donors (Lipinski definition) is 0. The summed E-state index contributed by atoms with van der Waals surface area (Å²) in [6.07, 6.45) is 32.0. The Morgan fingerprint density at radius 1 is 0.459 bits per heavy atom. The lowest BCUT2D eigenvalue weighted by atomic mass is 9.91. The third kappa shape index (κ3) is 39.8. The first-order valence-electron chi connectivity index (χ1n) is 25.5. The summed E-state index contributed by atoms with van der Waals surface area (Å²) >= 11 is 0. The number of carbonyl (C=O) groups excluding carboxylic acids is 3. The topological polar surface area (TPSA) is 72.9 Å². The molecule has 4 unspecified atom stereocenters. The zero-order chi connectivity index (χ0) is 45.8. The van der Waals surface area contributed by atoms with E-state index in [0.29, 0.717) is 63.2 Å². The van der Waals surface area contributed by atoms with Crippen LogP contribution in [0, 0.1) is 35.5 Å². The highest BCUT2D eigenvalue weighted by atomic mass is 31.1. The van der Waals surface area contributed by atoms with Gasteiger partial charge in [-0.05, 0) is 147 Å². The van der Waals surface area contributed by atoms with Gasteiger partial charge in [0.1, 0.15) is 13.2 Å². The van der Waals surface area contributed by atoms with E-state index in [2.05, 4.69) is 86.3 Å². The Labute approximate surface area is 381 Å². The van der Waals surface area contributed by atoms with Crippen molar-refractivity contribution in [2.45, 2.75) is 223 Å². The standard InChI is InChI=1S/C54H102NO5P/c1-44(2)22-13-24-46(5)26-15-28-48(7)30-17-32-50(9)37-40-59-52(56)34-20-42-61(54(58)36-19-39-55(11)12)43-21-35-53(57)60-41-38-51(10)33-18-31-49(8)29-16-27-47(6)25-14-23-45(3)4/h37-38,44-49H,13-36,39-43H2,1-12H3. The van der Waals surface area contributed by atoms with Gasteiger partial charge in [-0.15, -0.1) is 0 Å². The fourth-order valence-corrected chi connectivity index (χ4v) is 10.5. The minimum atomic E-state index is -0.908. The second kappa shape index (κ2) is 38.9. The van der Waals surface area contributed by atoms with Gasteiger partial charge in [-0.2, -0.15) is 0 Å². The lowest BCUT2D eigenvalue weighted by molar-refractivity contribution is -0.143. The molecule has 0 fully saturated rings. The lowest BCUT2D eigenvalue weighted by Crippen LogP contribution is -2.15. The van der Waals surface area contributed by atoms with Crippen molar-refractivity contribution in [1.82, 2.24) is 4.90 Å². The largest absolute Gasteiger partial charge is 0.461 e. The molecule has 0 amide bonds. The molecule has 0 rings (SSSR count). The van der Waals surface area contributed by atoms with Crippen LogP contribution >= 0.6 is 7.92 Å². The van der Waals surface area contributed by atoms with Crippen LogP contribution in [0.25, 0.3) is 0 Å². The summed E-state index contributed by atoms with van der Waals surface area (Å²) in [6, 6.07) is 0. The predicted octanol–water partition coefficient (Wildman–Crippen LogP) is 15.8. The molecule has 0 aliphatic carbocycles. The van der Waals surface area contributed by atoms with E-state index in [9.17, 15) is 14.4 Å². The zero-order valence-electron chi connectivity index (χ0n) is 42.6. The van der Waals surface area contributed by atoms with Gasteiger partial charge in [0, 0.05) is 19.3 Å². The number of allylic oxidation sites excluding steroid dienone is 2. The van der Waals surface area contributed by atoms with E-state index in [1.54, 1.807) is 0 Å². The monoisotopic (exact) mass is 876 g/mol. The van der Waals surface area contributed by atoms with E-state index in [1.807, 2.05) is 14.1 Å². The number of nitrogens with zero attached hydrogens (tertiary/aromatic N) is 1. The first-order valence-corrected chi connectivity index (χ1v) is 27.2. The van der Waals surface area contributed by atoms with Crippen molar-refractivity contribution in [2.75, 3.05) is 46.2 Å². The molecule has 61 heavy (non-hydrogen) atoms. The minimum Gasteiger partial charge on any atom is -0.461 e. The normalized spacial score (nSPS) is 15.0. The van der Waals surface area contributed by atoms with Crippen LogP contribution in [0.15, 0.2) is 23.3 Å². The molecule has 0 heterocycles. The van der Waals surface area contributed by atoms with E-state index in [-0.39, 0.29) is 11.9 Å². The molecular weight excluding hydrogens is 774 g/mol. The molecule has 0 aromatic heterocycles. The summed E-state index contributed by atoms with van der Waals surface area (Å²) in [5, 5.41) is 0. The highest BCUT2D eigenvalue weighted by Gasteiger charge is 2.19. The highest BCUT2D eigenvalue weighted by Crippen LogP contribution is 2.40. The quantitative estimate of drug-likeness (QED) is 0.0346. The number of hydrogen-bond acceptors (Lipinski definition) is 6. The molecular formula is C54H102NO5P. The van der Waals surface area contributed by atoms with Crippen LogP contribution in [-0.2, 0) is 23.9 Å². The van der Waals surface area contributed by atoms with Crippen LogP contribution in [-0.4, -0.2) is 68.5 Å². The van der Waals surface area contributed by atoms with Gasteiger partial charge in [-0.1, -0.05) is 156 Å². The fourth-order valence-electron chi connectivity index (χ4n) is 8.21. The van der Waals surface area contributed by atoms with Crippen LogP contribution in [0.4, 0.5) is 0 Å². The average molecular weight is 876 g/mol. The molecule has 0 aromatic carbocycles. The summed E-state index contributed by atoms with van der Waals surface area (Å²) in [5.41, 5.74) is 2.88. The van der Waals surface area contributed by atoms with Crippen molar-refractivity contribution in [2.24, 2.45) is 35.5 Å². The van der Waals surface area contributed by atoms with Crippen LogP contribution in [0.5, 0.6) is 0 Å². The van der Waals surface area contributed by atoms with Crippen molar-refractivity contribution >= 4 is 25.4 Å². The summed E-state index contributed by atoms with van der Waals surface area (Å²) in [6.45, 7) is 24.7. The lowest BCUT2D eigenvalue weighted by Gasteiger charge is -2.17. The SMILES string of the molecule is CC(=CCOC(=O)CCCP(CCCC(=O)OCC=C(C)CCCC(C)CCCC(C)CCCC(C)C)C(=O)CCCN(C)C)CCCC(C)CCCC(C)CCCC(C)C. The van der Waals surface area contributed by atoms with Gasteiger partial charge in [-0.25, -0.2) is 0 Å². The highest BCUT2D eigenvalue weighted by molar-refractivity contribution is 7.74. The van der Waals surface area contributed by atoms with Crippen molar-refractivity contribution in [3.63, 3.8) is 0 Å². The van der Waals surface area contributed by atoms with Gasteiger partial charge in [0.25, 0.3) is 0 Å². The molecule has 0 saturated carbocycles. The molecule has 0 aromatic rings. The molecule has 4 atom stereocenters. The Hall–Kier alpha value is -1.52. The van der Waals surface area contributed by atoms with Crippen molar-refractivity contribution in [3.05, 3.63) is 23.3 Å². The Morgan fingerprint density at radius 3 is 1.15 bits per heavy atom. The molecule has 0 aliphatic rings. The Balaban J connectivity index is 4.45. The van der Waals surface area contributed by atoms with E-state index < -0.39 is 7.92 Å². The first-order chi connectivity index (χ1) is 29.0. The van der Waals surface area contributed by atoms with Gasteiger partial charge in [-0.3, -0.25) is 14.4 Å². The van der Waals surface area contributed by atoms with E-state index in [4.69, 9.17) is 9.47 Å². The Morgan fingerprint density at radius 2 is 0.803 bits per heavy atom. The molecule has 0 aliphatic heterocycles. The zero-order valence-corrected chi connectivity index (χ0v) is 43.5. The second-order valence-electron chi connectivity index (χ2n) is 20.7. The number of carbonyl (C=O) groups is 3. The predicted molar refractivity (Wildman–Crippen MR) is 267 cm³/mol. The van der Waals surface area contributed by atoms with Gasteiger partial charge < -0.3 is 14.4 Å². The molecule has 7 heteroatoms. The molecule has 0 bridgehead atoms. The van der Waals surface area contributed by atoms with Crippen LogP contribution in [0.2, 0.25) is 0 Å². The van der Waals surface area contributed by atoms with Gasteiger partial charge in [0.05, 0.1) is 0 Å². The maximum absolute atomic E-state index is 13.3. The van der Waals surface area contributed by atoms with E-state index in [1.165, 1.54) is 114 Å². The number of esters is 2. The molecule has 358 valence electrons. The summed E-state index contributed by atoms with van der Waals surface area (Å²) in [7, 11) is 3.14. The average Bonchev–Trinajstić information content (AvgIpc) is 3.16. The molecule has 6 nitrogen and oxygen atoms in total. The van der Waals surface area contributed by atoms with E-state index in [0.717, 1.165) is 61.3 Å². The first kappa shape index (κ1) is 59.5. The van der Waals surface area contributed by atoms with Gasteiger partial charge >= 0.3 is 11.9 Å².